The number of methoxy groups -OCH3 is 1. The molecule has 166 valence electrons. The second kappa shape index (κ2) is 10.5. The molecule has 1 aliphatic rings. The summed E-state index contributed by atoms with van der Waals surface area (Å²) in [7, 11) is 1.34. The van der Waals surface area contributed by atoms with Gasteiger partial charge >= 0.3 is 5.97 Å². The summed E-state index contributed by atoms with van der Waals surface area (Å²) < 4.78 is 10.4. The van der Waals surface area contributed by atoms with Crippen molar-refractivity contribution in [3.8, 4) is 5.75 Å². The minimum absolute atomic E-state index is 0.158. The van der Waals surface area contributed by atoms with Gasteiger partial charge in [-0.05, 0) is 68.7 Å². The largest absolute Gasteiger partial charge is 0.494 e. The molecule has 0 saturated heterocycles. The van der Waals surface area contributed by atoms with Crippen molar-refractivity contribution in [3.05, 3.63) is 29.8 Å². The maximum absolute atomic E-state index is 13.1. The fourth-order valence-electron chi connectivity index (χ4n) is 3.77. The lowest BCUT2D eigenvalue weighted by molar-refractivity contribution is -0.153. The Bertz CT molecular complexity index is 736. The third kappa shape index (κ3) is 5.74. The number of ether oxygens (including phenoxy) is 2. The number of rotatable bonds is 8. The second-order valence-corrected chi connectivity index (χ2v) is 8.40. The third-order valence-electron chi connectivity index (χ3n) is 5.73. The molecule has 0 aliphatic heterocycles. The van der Waals surface area contributed by atoms with Crippen LogP contribution in [0, 0.1) is 11.8 Å². The van der Waals surface area contributed by atoms with E-state index in [1.54, 1.807) is 24.3 Å². The highest BCUT2D eigenvalue weighted by Gasteiger charge is 2.44. The molecule has 1 aliphatic carbocycles. The molecule has 1 aromatic rings. The van der Waals surface area contributed by atoms with E-state index >= 15 is 0 Å². The second-order valence-electron chi connectivity index (χ2n) is 8.40. The highest BCUT2D eigenvalue weighted by atomic mass is 16.5. The van der Waals surface area contributed by atoms with Crippen LogP contribution < -0.4 is 15.4 Å². The Labute approximate surface area is 178 Å². The molecule has 30 heavy (non-hydrogen) atoms. The zero-order chi connectivity index (χ0) is 22.3. The normalized spacial score (nSPS) is 22.1. The van der Waals surface area contributed by atoms with Gasteiger partial charge in [0.1, 0.15) is 17.3 Å². The summed E-state index contributed by atoms with van der Waals surface area (Å²) in [6.45, 7) is 8.28. The number of amides is 2. The van der Waals surface area contributed by atoms with Gasteiger partial charge in [0, 0.05) is 5.56 Å². The Morgan fingerprint density at radius 1 is 1.13 bits per heavy atom. The third-order valence-corrected chi connectivity index (χ3v) is 5.73. The lowest BCUT2D eigenvalue weighted by atomic mass is 9.76. The van der Waals surface area contributed by atoms with Crippen LogP contribution in [0.15, 0.2) is 24.3 Å². The molecule has 7 nitrogen and oxygen atoms in total. The van der Waals surface area contributed by atoms with Crippen molar-refractivity contribution in [2.24, 2.45) is 11.8 Å². The standard InChI is InChI=1S/C23H34N2O5/c1-6-30-18-9-7-17(8-10-18)20(26)24-19(15(2)3)21(27)25-23(22(28)29-5)13-11-16(4)12-14-23/h7-10,15-16,19H,6,11-14H2,1-5H3,(H,24,26)(H,25,27). The fraction of sp³-hybridized carbons (Fsp3) is 0.609. The number of hydrogen-bond acceptors (Lipinski definition) is 5. The van der Waals surface area contributed by atoms with E-state index in [0.29, 0.717) is 36.7 Å². The van der Waals surface area contributed by atoms with Crippen molar-refractivity contribution in [1.29, 1.82) is 0 Å². The molecule has 2 amide bonds. The Kier molecular flexibility index (Phi) is 8.26. The highest BCUT2D eigenvalue weighted by Crippen LogP contribution is 2.33. The molecule has 0 bridgehead atoms. The van der Waals surface area contributed by atoms with Crippen LogP contribution in [0.4, 0.5) is 0 Å². The predicted molar refractivity (Wildman–Crippen MR) is 114 cm³/mol. The number of esters is 1. The van der Waals surface area contributed by atoms with Gasteiger partial charge in [0.2, 0.25) is 5.91 Å². The van der Waals surface area contributed by atoms with E-state index in [1.165, 1.54) is 7.11 Å². The Balaban J connectivity index is 2.13. The van der Waals surface area contributed by atoms with Crippen LogP contribution in [0.1, 0.15) is 63.7 Å². The van der Waals surface area contributed by atoms with Gasteiger partial charge in [0.05, 0.1) is 13.7 Å². The summed E-state index contributed by atoms with van der Waals surface area (Å²) in [6, 6.07) is 5.99. The van der Waals surface area contributed by atoms with Crippen LogP contribution in [0.5, 0.6) is 5.75 Å². The van der Waals surface area contributed by atoms with Crippen molar-refractivity contribution in [1.82, 2.24) is 10.6 Å². The molecule has 0 aromatic heterocycles. The monoisotopic (exact) mass is 418 g/mol. The molecule has 1 fully saturated rings. The molecule has 2 rings (SSSR count). The predicted octanol–water partition coefficient (Wildman–Crippen LogP) is 3.08. The van der Waals surface area contributed by atoms with E-state index < -0.39 is 17.6 Å². The zero-order valence-corrected chi connectivity index (χ0v) is 18.6. The molecular formula is C23H34N2O5. The Hall–Kier alpha value is -2.57. The molecule has 1 unspecified atom stereocenters. The van der Waals surface area contributed by atoms with E-state index in [9.17, 15) is 14.4 Å². The number of carbonyl (C=O) groups excluding carboxylic acids is 3. The molecule has 1 atom stereocenters. The van der Waals surface area contributed by atoms with Crippen LogP contribution in [-0.4, -0.2) is 43.1 Å². The number of nitrogens with one attached hydrogen (secondary N) is 2. The fourth-order valence-corrected chi connectivity index (χ4v) is 3.77. The Morgan fingerprint density at radius 2 is 1.73 bits per heavy atom. The first-order valence-corrected chi connectivity index (χ1v) is 10.7. The zero-order valence-electron chi connectivity index (χ0n) is 18.6. The van der Waals surface area contributed by atoms with E-state index in [4.69, 9.17) is 9.47 Å². The van der Waals surface area contributed by atoms with E-state index in [2.05, 4.69) is 17.6 Å². The molecule has 0 radical (unpaired) electrons. The highest BCUT2D eigenvalue weighted by molar-refractivity contribution is 5.98. The van der Waals surface area contributed by atoms with Crippen molar-refractivity contribution < 1.29 is 23.9 Å². The van der Waals surface area contributed by atoms with Crippen molar-refractivity contribution >= 4 is 17.8 Å². The summed E-state index contributed by atoms with van der Waals surface area (Å²) in [6.07, 6.45) is 2.73. The molecule has 0 spiro atoms. The summed E-state index contributed by atoms with van der Waals surface area (Å²) in [5.41, 5.74) is -0.596. The van der Waals surface area contributed by atoms with Crippen LogP contribution in [-0.2, 0) is 14.3 Å². The maximum Gasteiger partial charge on any atom is 0.331 e. The molecule has 2 N–H and O–H groups in total. The minimum Gasteiger partial charge on any atom is -0.494 e. The molecule has 7 heteroatoms. The average molecular weight is 419 g/mol. The summed E-state index contributed by atoms with van der Waals surface area (Å²) in [5, 5.41) is 5.73. The topological polar surface area (TPSA) is 93.7 Å². The van der Waals surface area contributed by atoms with Crippen LogP contribution in [0.3, 0.4) is 0 Å². The number of carbonyl (C=O) groups is 3. The summed E-state index contributed by atoms with van der Waals surface area (Å²) >= 11 is 0. The van der Waals surface area contributed by atoms with E-state index in [1.807, 2.05) is 20.8 Å². The van der Waals surface area contributed by atoms with Gasteiger partial charge < -0.3 is 20.1 Å². The smallest absolute Gasteiger partial charge is 0.331 e. The average Bonchev–Trinajstić information content (AvgIpc) is 2.73. The van der Waals surface area contributed by atoms with E-state index in [-0.39, 0.29) is 17.7 Å². The van der Waals surface area contributed by atoms with Gasteiger partial charge in [-0.15, -0.1) is 0 Å². The molecule has 1 aromatic carbocycles. The van der Waals surface area contributed by atoms with Gasteiger partial charge in [-0.25, -0.2) is 4.79 Å². The first-order chi connectivity index (χ1) is 14.2. The van der Waals surface area contributed by atoms with E-state index in [0.717, 1.165) is 12.8 Å². The maximum atomic E-state index is 13.1. The summed E-state index contributed by atoms with van der Waals surface area (Å²) in [5.74, 6) is -0.129. The first-order valence-electron chi connectivity index (χ1n) is 10.7. The lowest BCUT2D eigenvalue weighted by Gasteiger charge is -2.38. The van der Waals surface area contributed by atoms with Crippen LogP contribution >= 0.6 is 0 Å². The number of benzene rings is 1. The minimum atomic E-state index is -1.03. The van der Waals surface area contributed by atoms with Crippen LogP contribution in [0.2, 0.25) is 0 Å². The van der Waals surface area contributed by atoms with Crippen molar-refractivity contribution in [3.63, 3.8) is 0 Å². The van der Waals surface area contributed by atoms with Gasteiger partial charge in [0.15, 0.2) is 0 Å². The van der Waals surface area contributed by atoms with Gasteiger partial charge in [-0.2, -0.15) is 0 Å². The SMILES string of the molecule is CCOc1ccc(C(=O)NC(C(=O)NC2(C(=O)OC)CCC(C)CC2)C(C)C)cc1. The quantitative estimate of drug-likeness (QED) is 0.633. The van der Waals surface area contributed by atoms with Crippen molar-refractivity contribution in [2.45, 2.75) is 65.0 Å². The lowest BCUT2D eigenvalue weighted by Crippen LogP contribution is -2.61. The molecule has 1 saturated carbocycles. The Morgan fingerprint density at radius 3 is 2.23 bits per heavy atom. The number of hydrogen-bond donors (Lipinski definition) is 2. The summed E-state index contributed by atoms with van der Waals surface area (Å²) in [4.78, 5) is 38.3. The van der Waals surface area contributed by atoms with Crippen LogP contribution in [0.25, 0.3) is 0 Å². The van der Waals surface area contributed by atoms with Gasteiger partial charge in [0.25, 0.3) is 5.91 Å². The molecule has 0 heterocycles. The van der Waals surface area contributed by atoms with Gasteiger partial charge in [-0.1, -0.05) is 20.8 Å². The van der Waals surface area contributed by atoms with Gasteiger partial charge in [-0.3, -0.25) is 9.59 Å². The molecular weight excluding hydrogens is 384 g/mol. The first kappa shape index (κ1) is 23.7. The van der Waals surface area contributed by atoms with Crippen molar-refractivity contribution in [2.75, 3.05) is 13.7 Å².